The van der Waals surface area contributed by atoms with E-state index in [9.17, 15) is 9.59 Å². The summed E-state index contributed by atoms with van der Waals surface area (Å²) >= 11 is 0. The van der Waals surface area contributed by atoms with Gasteiger partial charge in [0.1, 0.15) is 0 Å². The van der Waals surface area contributed by atoms with Crippen LogP contribution in [0.3, 0.4) is 0 Å². The van der Waals surface area contributed by atoms with Crippen LogP contribution in [0.5, 0.6) is 0 Å². The molecular weight excluding hydrogens is 314 g/mol. The predicted molar refractivity (Wildman–Crippen MR) is 96.0 cm³/mol. The molecule has 5 saturated carbocycles. The van der Waals surface area contributed by atoms with E-state index >= 15 is 0 Å². The highest BCUT2D eigenvalue weighted by atomic mass is 16.2. The third-order valence-corrected chi connectivity index (χ3v) is 7.25. The molecule has 1 unspecified atom stereocenters. The number of hydrogen-bond donors (Lipinski definition) is 3. The zero-order chi connectivity index (χ0) is 17.6. The van der Waals surface area contributed by atoms with Crippen LogP contribution in [0.1, 0.15) is 58.3 Å². The van der Waals surface area contributed by atoms with Crippen LogP contribution in [0.2, 0.25) is 0 Å². The van der Waals surface area contributed by atoms with Crippen LogP contribution in [0.25, 0.3) is 0 Å². The minimum atomic E-state index is 0.0712. The van der Waals surface area contributed by atoms with Gasteiger partial charge in [-0.3, -0.25) is 9.59 Å². The SMILES string of the molecule is C[C@@H](NC(=O)C[NH+](C)CC(=O)NC1CC1)C12CC3CC(CC(C3)C1)C2. The van der Waals surface area contributed by atoms with Crippen LogP contribution >= 0.6 is 0 Å². The molecule has 4 bridgehead atoms. The van der Waals surface area contributed by atoms with Crippen molar-refractivity contribution in [1.82, 2.24) is 10.6 Å². The van der Waals surface area contributed by atoms with Gasteiger partial charge in [0.05, 0.1) is 7.05 Å². The van der Waals surface area contributed by atoms with Crippen molar-refractivity contribution in [3.8, 4) is 0 Å². The second-order valence-corrected chi connectivity index (χ2v) is 9.72. The Bertz CT molecular complexity index is 508. The van der Waals surface area contributed by atoms with Gasteiger partial charge in [0.25, 0.3) is 11.8 Å². The van der Waals surface area contributed by atoms with E-state index in [1.54, 1.807) is 0 Å². The highest BCUT2D eigenvalue weighted by Crippen LogP contribution is 2.61. The lowest BCUT2D eigenvalue weighted by Gasteiger charge is -2.59. The normalized spacial score (nSPS) is 38.2. The van der Waals surface area contributed by atoms with Gasteiger partial charge in [-0.15, -0.1) is 0 Å². The summed E-state index contributed by atoms with van der Waals surface area (Å²) in [6.07, 6.45) is 10.4. The Morgan fingerprint density at radius 1 is 1.00 bits per heavy atom. The molecule has 5 nitrogen and oxygen atoms in total. The van der Waals surface area contributed by atoms with E-state index in [-0.39, 0.29) is 17.9 Å². The Balaban J connectivity index is 1.26. The minimum Gasteiger partial charge on any atom is -0.348 e. The lowest BCUT2D eigenvalue weighted by Crippen LogP contribution is -3.11. The van der Waals surface area contributed by atoms with Gasteiger partial charge in [-0.2, -0.15) is 0 Å². The number of quaternary nitrogens is 1. The zero-order valence-corrected chi connectivity index (χ0v) is 15.8. The number of nitrogens with one attached hydrogen (secondary N) is 3. The van der Waals surface area contributed by atoms with Gasteiger partial charge in [-0.05, 0) is 81.5 Å². The van der Waals surface area contributed by atoms with E-state index in [1.807, 2.05) is 7.05 Å². The number of hydrogen-bond acceptors (Lipinski definition) is 2. The largest absolute Gasteiger partial charge is 0.348 e. The third kappa shape index (κ3) is 3.86. The second-order valence-electron chi connectivity index (χ2n) is 9.72. The average Bonchev–Trinajstić information content (AvgIpc) is 3.28. The van der Waals surface area contributed by atoms with E-state index in [2.05, 4.69) is 17.6 Å². The monoisotopic (exact) mass is 348 g/mol. The fourth-order valence-corrected chi connectivity index (χ4v) is 6.27. The summed E-state index contributed by atoms with van der Waals surface area (Å²) in [6.45, 7) is 2.99. The summed E-state index contributed by atoms with van der Waals surface area (Å²) in [4.78, 5) is 25.3. The second kappa shape index (κ2) is 6.57. The topological polar surface area (TPSA) is 62.6 Å². The fourth-order valence-electron chi connectivity index (χ4n) is 6.27. The van der Waals surface area contributed by atoms with Crippen molar-refractivity contribution in [3.05, 3.63) is 0 Å². The molecule has 2 amide bonds. The van der Waals surface area contributed by atoms with Crippen molar-refractivity contribution in [2.45, 2.75) is 70.4 Å². The van der Waals surface area contributed by atoms with Crippen molar-refractivity contribution >= 4 is 11.8 Å². The molecule has 0 saturated heterocycles. The maximum Gasteiger partial charge on any atom is 0.275 e. The molecule has 2 atom stereocenters. The van der Waals surface area contributed by atoms with Crippen molar-refractivity contribution in [1.29, 1.82) is 0 Å². The van der Waals surface area contributed by atoms with Gasteiger partial charge < -0.3 is 15.5 Å². The number of carbonyl (C=O) groups excluding carboxylic acids is 2. The molecule has 0 aromatic heterocycles. The molecule has 0 radical (unpaired) electrons. The smallest absolute Gasteiger partial charge is 0.275 e. The quantitative estimate of drug-likeness (QED) is 0.627. The van der Waals surface area contributed by atoms with Crippen molar-refractivity contribution in [3.63, 3.8) is 0 Å². The van der Waals surface area contributed by atoms with Crippen LogP contribution < -0.4 is 15.5 Å². The highest BCUT2D eigenvalue weighted by Gasteiger charge is 2.53. The number of carbonyl (C=O) groups is 2. The third-order valence-electron chi connectivity index (χ3n) is 7.25. The molecule has 5 rings (SSSR count). The summed E-state index contributed by atoms with van der Waals surface area (Å²) < 4.78 is 0. The predicted octanol–water partition coefficient (Wildman–Crippen LogP) is 0.501. The van der Waals surface area contributed by atoms with Crippen LogP contribution in [0, 0.1) is 23.2 Å². The van der Waals surface area contributed by atoms with Gasteiger partial charge in [0.15, 0.2) is 13.1 Å². The van der Waals surface area contributed by atoms with E-state index in [1.165, 1.54) is 38.5 Å². The number of likely N-dealkylation sites (N-methyl/N-ethyl adjacent to an activating group) is 1. The molecule has 0 aliphatic heterocycles. The molecule has 140 valence electrons. The Morgan fingerprint density at radius 2 is 1.52 bits per heavy atom. The first-order valence-electron chi connectivity index (χ1n) is 10.3. The van der Waals surface area contributed by atoms with E-state index in [0.29, 0.717) is 24.5 Å². The van der Waals surface area contributed by atoms with Gasteiger partial charge in [-0.25, -0.2) is 0 Å². The molecule has 5 heteroatoms. The maximum atomic E-state index is 12.5. The Labute approximate surface area is 151 Å². The molecular formula is C20H34N3O2+. The van der Waals surface area contributed by atoms with Crippen molar-refractivity contribution in [2.24, 2.45) is 23.2 Å². The number of amides is 2. The van der Waals surface area contributed by atoms with Crippen LogP contribution in [-0.4, -0.2) is 44.0 Å². The molecule has 5 fully saturated rings. The summed E-state index contributed by atoms with van der Waals surface area (Å²) in [5.41, 5.74) is 0.349. The van der Waals surface area contributed by atoms with Gasteiger partial charge in [-0.1, -0.05) is 0 Å². The molecule has 25 heavy (non-hydrogen) atoms. The summed E-state index contributed by atoms with van der Waals surface area (Å²) in [6, 6.07) is 0.659. The van der Waals surface area contributed by atoms with E-state index < -0.39 is 0 Å². The average molecular weight is 349 g/mol. The highest BCUT2D eigenvalue weighted by molar-refractivity contribution is 5.79. The van der Waals surface area contributed by atoms with Crippen LogP contribution in [-0.2, 0) is 9.59 Å². The van der Waals surface area contributed by atoms with Crippen molar-refractivity contribution in [2.75, 3.05) is 20.1 Å². The summed E-state index contributed by atoms with van der Waals surface area (Å²) in [5, 5.41) is 6.30. The van der Waals surface area contributed by atoms with Gasteiger partial charge in [0.2, 0.25) is 0 Å². The lowest BCUT2D eigenvalue weighted by atomic mass is 9.48. The standard InChI is InChI=1S/C20H33N3O2/c1-13(20-8-14-5-15(9-20)7-16(6-14)10-20)21-18(24)11-23(2)12-19(25)22-17-3-4-17/h13-17H,3-12H2,1-2H3,(H,21,24)(H,22,25)/p+1/t13-,14?,15?,16?,20?/m1/s1. The summed E-state index contributed by atoms with van der Waals surface area (Å²) in [5.74, 6) is 2.89. The van der Waals surface area contributed by atoms with E-state index in [4.69, 9.17) is 0 Å². The van der Waals surface area contributed by atoms with E-state index in [0.717, 1.165) is 35.5 Å². The first kappa shape index (κ1) is 17.3. The first-order valence-corrected chi connectivity index (χ1v) is 10.3. The summed E-state index contributed by atoms with van der Waals surface area (Å²) in [7, 11) is 1.93. The van der Waals surface area contributed by atoms with Gasteiger partial charge >= 0.3 is 0 Å². The molecule has 3 N–H and O–H groups in total. The number of rotatable bonds is 7. The van der Waals surface area contributed by atoms with Crippen LogP contribution in [0.15, 0.2) is 0 Å². The first-order chi connectivity index (χ1) is 11.9. The molecule has 0 spiro atoms. The van der Waals surface area contributed by atoms with Gasteiger partial charge in [0, 0.05) is 12.1 Å². The fraction of sp³-hybridized carbons (Fsp3) is 0.900. The van der Waals surface area contributed by atoms with Crippen molar-refractivity contribution < 1.29 is 14.5 Å². The lowest BCUT2D eigenvalue weighted by molar-refractivity contribution is -0.862. The molecule has 5 aliphatic rings. The molecule has 5 aliphatic carbocycles. The minimum absolute atomic E-state index is 0.0712. The molecule has 0 aromatic rings. The molecule has 0 heterocycles. The Hall–Kier alpha value is -1.10. The molecule has 0 aromatic carbocycles. The Morgan fingerprint density at radius 3 is 2.04 bits per heavy atom. The Kier molecular flexibility index (Phi) is 4.55. The zero-order valence-electron chi connectivity index (χ0n) is 15.8. The van der Waals surface area contributed by atoms with Crippen LogP contribution in [0.4, 0.5) is 0 Å². The maximum absolute atomic E-state index is 12.5.